The molecule has 0 unspecified atom stereocenters. The van der Waals surface area contributed by atoms with E-state index in [-0.39, 0.29) is 42.4 Å². The second kappa shape index (κ2) is 8.56. The number of amides is 1. The number of carbonyl (C=O) groups is 1. The number of rotatable bonds is 4. The molecule has 1 amide bonds. The van der Waals surface area contributed by atoms with Crippen molar-refractivity contribution in [2.45, 2.75) is 17.9 Å². The predicted molar refractivity (Wildman–Crippen MR) is 112 cm³/mol. The van der Waals surface area contributed by atoms with Crippen molar-refractivity contribution < 1.29 is 17.6 Å². The Kier molecular flexibility index (Phi) is 5.84. The zero-order chi connectivity index (χ0) is 22.0. The van der Waals surface area contributed by atoms with Gasteiger partial charge < -0.3 is 4.90 Å². The normalized spacial score (nSPS) is 15.7. The van der Waals surface area contributed by atoms with Crippen molar-refractivity contribution in [3.05, 3.63) is 70.8 Å². The van der Waals surface area contributed by atoms with E-state index in [4.69, 9.17) is 0 Å². The number of sulfonamides is 1. The van der Waals surface area contributed by atoms with E-state index >= 15 is 0 Å². The summed E-state index contributed by atoms with van der Waals surface area (Å²) in [5.74, 6) is -0.711. The molecule has 31 heavy (non-hydrogen) atoms. The molecule has 1 aliphatic rings. The van der Waals surface area contributed by atoms with Gasteiger partial charge in [-0.25, -0.2) is 12.8 Å². The third-order valence-corrected chi connectivity index (χ3v) is 7.22. The molecule has 10 heteroatoms. The summed E-state index contributed by atoms with van der Waals surface area (Å²) in [7, 11) is -3.77. The number of halogens is 1. The fourth-order valence-corrected chi connectivity index (χ4v) is 5.12. The molecule has 1 fully saturated rings. The molecule has 2 heterocycles. The average Bonchev–Trinajstić information content (AvgIpc) is 3.03. The maximum absolute atomic E-state index is 13.1. The van der Waals surface area contributed by atoms with E-state index in [1.807, 2.05) is 0 Å². The van der Waals surface area contributed by atoms with Crippen molar-refractivity contribution in [1.29, 1.82) is 0 Å². The van der Waals surface area contributed by atoms with E-state index in [2.05, 4.69) is 5.10 Å². The maximum atomic E-state index is 13.1. The third-order valence-electron chi connectivity index (χ3n) is 5.31. The Balaban J connectivity index is 1.48. The minimum atomic E-state index is -3.77. The SMILES string of the molecule is O=C(Cn1ncc(=O)c2ccccc21)N1CCCN(S(=O)(=O)c2ccc(F)cc2)CC1. The Morgan fingerprint density at radius 3 is 2.52 bits per heavy atom. The lowest BCUT2D eigenvalue weighted by molar-refractivity contribution is -0.131. The van der Waals surface area contributed by atoms with Crippen LogP contribution in [0.1, 0.15) is 6.42 Å². The zero-order valence-corrected chi connectivity index (χ0v) is 17.5. The molecular formula is C21H21FN4O4S. The molecule has 162 valence electrons. The Bertz CT molecular complexity index is 1270. The van der Waals surface area contributed by atoms with Gasteiger partial charge in [-0.05, 0) is 42.8 Å². The van der Waals surface area contributed by atoms with Crippen LogP contribution in [0.4, 0.5) is 4.39 Å². The summed E-state index contributed by atoms with van der Waals surface area (Å²) >= 11 is 0. The van der Waals surface area contributed by atoms with Crippen molar-refractivity contribution >= 4 is 26.8 Å². The Labute approximate surface area is 178 Å². The van der Waals surface area contributed by atoms with Gasteiger partial charge in [0, 0.05) is 31.6 Å². The van der Waals surface area contributed by atoms with E-state index in [0.717, 1.165) is 12.1 Å². The number of nitrogens with zero attached hydrogens (tertiary/aromatic N) is 4. The molecule has 0 atom stereocenters. The summed E-state index contributed by atoms with van der Waals surface area (Å²) < 4.78 is 41.7. The van der Waals surface area contributed by atoms with Gasteiger partial charge in [0.05, 0.1) is 16.6 Å². The lowest BCUT2D eigenvalue weighted by atomic mass is 10.2. The first-order valence-corrected chi connectivity index (χ1v) is 11.3. The number of hydrogen-bond acceptors (Lipinski definition) is 5. The number of benzene rings is 2. The largest absolute Gasteiger partial charge is 0.340 e. The van der Waals surface area contributed by atoms with Crippen LogP contribution in [0.2, 0.25) is 0 Å². The summed E-state index contributed by atoms with van der Waals surface area (Å²) in [5, 5.41) is 4.57. The van der Waals surface area contributed by atoms with Crippen LogP contribution in [0.25, 0.3) is 10.9 Å². The smallest absolute Gasteiger partial charge is 0.244 e. The van der Waals surface area contributed by atoms with Gasteiger partial charge in [0.15, 0.2) is 0 Å². The van der Waals surface area contributed by atoms with Crippen molar-refractivity contribution in [2.75, 3.05) is 26.2 Å². The molecule has 4 rings (SSSR count). The molecular weight excluding hydrogens is 423 g/mol. The van der Waals surface area contributed by atoms with Gasteiger partial charge in [0.1, 0.15) is 12.4 Å². The standard InChI is InChI=1S/C21H21FN4O4S/c22-16-6-8-17(9-7-16)31(29,30)25-11-3-10-24(12-13-25)21(28)15-26-19-5-2-1-4-18(19)20(27)14-23-26/h1-2,4-9,14H,3,10-13,15H2. The molecule has 0 bridgehead atoms. The zero-order valence-electron chi connectivity index (χ0n) is 16.6. The number of carbonyl (C=O) groups excluding carboxylic acids is 1. The first-order chi connectivity index (χ1) is 14.9. The van der Waals surface area contributed by atoms with Crippen LogP contribution in [0.15, 0.2) is 64.4 Å². The molecule has 0 N–H and O–H groups in total. The highest BCUT2D eigenvalue weighted by molar-refractivity contribution is 7.89. The Hall–Kier alpha value is -3.11. The topological polar surface area (TPSA) is 92.6 Å². The second-order valence-corrected chi connectivity index (χ2v) is 9.21. The average molecular weight is 444 g/mol. The van der Waals surface area contributed by atoms with Crippen LogP contribution in [-0.4, -0.2) is 59.5 Å². The number of aromatic nitrogens is 2. The van der Waals surface area contributed by atoms with Crippen molar-refractivity contribution in [3.63, 3.8) is 0 Å². The second-order valence-electron chi connectivity index (χ2n) is 7.28. The molecule has 0 aliphatic carbocycles. The van der Waals surface area contributed by atoms with Gasteiger partial charge in [-0.15, -0.1) is 0 Å². The van der Waals surface area contributed by atoms with E-state index in [1.165, 1.54) is 27.3 Å². The highest BCUT2D eigenvalue weighted by atomic mass is 32.2. The van der Waals surface area contributed by atoms with Crippen LogP contribution in [0.3, 0.4) is 0 Å². The summed E-state index contributed by atoms with van der Waals surface area (Å²) in [6.07, 6.45) is 1.67. The van der Waals surface area contributed by atoms with Crippen LogP contribution in [0.5, 0.6) is 0 Å². The van der Waals surface area contributed by atoms with Crippen LogP contribution >= 0.6 is 0 Å². The number of hydrogen-bond donors (Lipinski definition) is 0. The number of para-hydroxylation sites is 1. The van der Waals surface area contributed by atoms with Crippen molar-refractivity contribution in [3.8, 4) is 0 Å². The van der Waals surface area contributed by atoms with Gasteiger partial charge in [0.2, 0.25) is 21.4 Å². The minimum absolute atomic E-state index is 0.0256. The van der Waals surface area contributed by atoms with Gasteiger partial charge in [0.25, 0.3) is 0 Å². The highest BCUT2D eigenvalue weighted by Gasteiger charge is 2.28. The lowest BCUT2D eigenvalue weighted by Crippen LogP contribution is -2.39. The maximum Gasteiger partial charge on any atom is 0.244 e. The Morgan fingerprint density at radius 2 is 1.74 bits per heavy atom. The van der Waals surface area contributed by atoms with Gasteiger partial charge in [-0.1, -0.05) is 12.1 Å². The monoisotopic (exact) mass is 444 g/mol. The van der Waals surface area contributed by atoms with Crippen LogP contribution < -0.4 is 5.43 Å². The van der Waals surface area contributed by atoms with E-state index < -0.39 is 15.8 Å². The molecule has 2 aromatic carbocycles. The van der Waals surface area contributed by atoms with E-state index in [0.29, 0.717) is 23.9 Å². The van der Waals surface area contributed by atoms with Gasteiger partial charge in [-0.3, -0.25) is 14.3 Å². The van der Waals surface area contributed by atoms with E-state index in [9.17, 15) is 22.4 Å². The van der Waals surface area contributed by atoms with Crippen LogP contribution in [-0.2, 0) is 21.4 Å². The summed E-state index contributed by atoms with van der Waals surface area (Å²) in [5.41, 5.74) is 0.356. The lowest BCUT2D eigenvalue weighted by Gasteiger charge is -2.22. The third kappa shape index (κ3) is 4.35. The van der Waals surface area contributed by atoms with E-state index in [1.54, 1.807) is 29.2 Å². The first kappa shape index (κ1) is 21.1. The van der Waals surface area contributed by atoms with Crippen molar-refractivity contribution in [1.82, 2.24) is 19.0 Å². The van der Waals surface area contributed by atoms with Crippen LogP contribution in [0, 0.1) is 5.82 Å². The summed E-state index contributed by atoms with van der Waals surface area (Å²) in [6, 6.07) is 11.7. The number of fused-ring (bicyclic) bond motifs is 1. The molecule has 3 aromatic rings. The molecule has 0 radical (unpaired) electrons. The highest BCUT2D eigenvalue weighted by Crippen LogP contribution is 2.18. The summed E-state index contributed by atoms with van der Waals surface area (Å²) in [4.78, 5) is 26.5. The fourth-order valence-electron chi connectivity index (χ4n) is 3.65. The quantitative estimate of drug-likeness (QED) is 0.608. The molecule has 1 aliphatic heterocycles. The molecule has 1 saturated heterocycles. The van der Waals surface area contributed by atoms with Gasteiger partial charge >= 0.3 is 0 Å². The molecule has 0 spiro atoms. The summed E-state index contributed by atoms with van der Waals surface area (Å²) in [6.45, 7) is 1.00. The molecule has 0 saturated carbocycles. The predicted octanol–water partition coefficient (Wildman–Crippen LogP) is 1.46. The minimum Gasteiger partial charge on any atom is -0.340 e. The molecule has 1 aromatic heterocycles. The Morgan fingerprint density at radius 1 is 1.00 bits per heavy atom. The van der Waals surface area contributed by atoms with Crippen molar-refractivity contribution in [2.24, 2.45) is 0 Å². The fraction of sp³-hybridized carbons (Fsp3) is 0.286. The van der Waals surface area contributed by atoms with Gasteiger partial charge in [-0.2, -0.15) is 9.40 Å². The first-order valence-electron chi connectivity index (χ1n) is 9.84. The molecule has 8 nitrogen and oxygen atoms in total.